The number of benzene rings is 1. The number of carbonyl (C=O) groups is 2. The van der Waals surface area contributed by atoms with E-state index in [1.165, 1.54) is 0 Å². The van der Waals surface area contributed by atoms with Gasteiger partial charge in [0.25, 0.3) is 0 Å². The van der Waals surface area contributed by atoms with E-state index in [1.54, 1.807) is 7.11 Å². The van der Waals surface area contributed by atoms with Crippen LogP contribution in [0, 0.1) is 5.92 Å². The number of carbonyl (C=O) groups excluding carboxylic acids is 2. The highest BCUT2D eigenvalue weighted by Gasteiger charge is 2.23. The Morgan fingerprint density at radius 1 is 1.08 bits per heavy atom. The van der Waals surface area contributed by atoms with E-state index in [4.69, 9.17) is 4.74 Å². The van der Waals surface area contributed by atoms with Crippen LogP contribution in [-0.2, 0) is 16.0 Å². The summed E-state index contributed by atoms with van der Waals surface area (Å²) in [7, 11) is 1.65. The van der Waals surface area contributed by atoms with Gasteiger partial charge in [-0.2, -0.15) is 0 Å². The lowest BCUT2D eigenvalue weighted by Gasteiger charge is -2.23. The zero-order valence-corrected chi connectivity index (χ0v) is 15.0. The molecule has 1 saturated heterocycles. The molecule has 0 N–H and O–H groups in total. The van der Waals surface area contributed by atoms with E-state index in [9.17, 15) is 9.59 Å². The Morgan fingerprint density at radius 3 is 2.46 bits per heavy atom. The van der Waals surface area contributed by atoms with Crippen LogP contribution in [-0.4, -0.2) is 54.9 Å². The van der Waals surface area contributed by atoms with E-state index in [-0.39, 0.29) is 17.7 Å². The molecule has 0 bridgehead atoms. The summed E-state index contributed by atoms with van der Waals surface area (Å²) in [5.74, 6) is 1.17. The summed E-state index contributed by atoms with van der Waals surface area (Å²) in [6, 6.07) is 7.81. The molecule has 5 nitrogen and oxygen atoms in total. The summed E-state index contributed by atoms with van der Waals surface area (Å²) in [5, 5.41) is 0. The molecule has 0 spiro atoms. The molecule has 1 fully saturated rings. The number of rotatable bonds is 5. The third-order valence-corrected chi connectivity index (χ3v) is 4.45. The lowest BCUT2D eigenvalue weighted by molar-refractivity contribution is -0.135. The van der Waals surface area contributed by atoms with Crippen molar-refractivity contribution in [2.24, 2.45) is 5.92 Å². The fourth-order valence-corrected chi connectivity index (χ4v) is 3.06. The van der Waals surface area contributed by atoms with Crippen molar-refractivity contribution < 1.29 is 14.3 Å². The van der Waals surface area contributed by atoms with E-state index in [1.807, 2.05) is 47.9 Å². The molecule has 1 aromatic carbocycles. The number of para-hydroxylation sites is 1. The maximum atomic E-state index is 12.5. The number of nitrogens with zero attached hydrogens (tertiary/aromatic N) is 2. The molecule has 1 aliphatic heterocycles. The number of ether oxygens (including phenoxy) is 1. The molecule has 1 heterocycles. The minimum atomic E-state index is 0.0118. The highest BCUT2D eigenvalue weighted by atomic mass is 16.5. The molecular formula is C19H28N2O3. The van der Waals surface area contributed by atoms with E-state index < -0.39 is 0 Å². The zero-order valence-electron chi connectivity index (χ0n) is 15.0. The third-order valence-electron chi connectivity index (χ3n) is 4.45. The standard InChI is InChI=1S/C19H28N2O3/c1-15(2)19(23)21-12-6-11-20(13-14-21)18(22)10-9-16-7-4-5-8-17(16)24-3/h4-5,7-8,15H,6,9-14H2,1-3H3. The van der Waals surface area contributed by atoms with Crippen LogP contribution >= 0.6 is 0 Å². The van der Waals surface area contributed by atoms with Gasteiger partial charge in [-0.05, 0) is 24.5 Å². The Labute approximate surface area is 144 Å². The minimum absolute atomic E-state index is 0.0118. The molecule has 0 unspecified atom stereocenters. The summed E-state index contributed by atoms with van der Waals surface area (Å²) < 4.78 is 5.34. The molecular weight excluding hydrogens is 304 g/mol. The van der Waals surface area contributed by atoms with E-state index >= 15 is 0 Å². The second-order valence-corrected chi connectivity index (χ2v) is 6.53. The van der Waals surface area contributed by atoms with Crippen molar-refractivity contribution in [1.29, 1.82) is 0 Å². The number of hydrogen-bond acceptors (Lipinski definition) is 3. The maximum absolute atomic E-state index is 12.5. The van der Waals surface area contributed by atoms with Gasteiger partial charge < -0.3 is 14.5 Å². The van der Waals surface area contributed by atoms with Crippen LogP contribution in [0.3, 0.4) is 0 Å². The predicted octanol–water partition coefficient (Wildman–Crippen LogP) is 2.34. The van der Waals surface area contributed by atoms with Gasteiger partial charge >= 0.3 is 0 Å². The van der Waals surface area contributed by atoms with Gasteiger partial charge in [-0.1, -0.05) is 32.0 Å². The second-order valence-electron chi connectivity index (χ2n) is 6.53. The number of amides is 2. The average molecular weight is 332 g/mol. The topological polar surface area (TPSA) is 49.9 Å². The smallest absolute Gasteiger partial charge is 0.225 e. The van der Waals surface area contributed by atoms with E-state index in [2.05, 4.69) is 0 Å². The zero-order chi connectivity index (χ0) is 17.5. The van der Waals surface area contributed by atoms with Crippen molar-refractivity contribution in [2.75, 3.05) is 33.3 Å². The summed E-state index contributed by atoms with van der Waals surface area (Å²) in [6.45, 7) is 6.58. The number of hydrogen-bond donors (Lipinski definition) is 0. The number of aryl methyl sites for hydroxylation is 1. The Balaban J connectivity index is 1.88. The van der Waals surface area contributed by atoms with Gasteiger partial charge in [0, 0.05) is 38.5 Å². The van der Waals surface area contributed by atoms with Gasteiger partial charge in [0.05, 0.1) is 7.11 Å². The fourth-order valence-electron chi connectivity index (χ4n) is 3.06. The summed E-state index contributed by atoms with van der Waals surface area (Å²) >= 11 is 0. The average Bonchev–Trinajstić information content (AvgIpc) is 2.85. The van der Waals surface area contributed by atoms with Gasteiger partial charge in [0.2, 0.25) is 11.8 Å². The highest BCUT2D eigenvalue weighted by molar-refractivity contribution is 5.79. The summed E-state index contributed by atoms with van der Waals surface area (Å²) in [4.78, 5) is 28.4. The van der Waals surface area contributed by atoms with Crippen molar-refractivity contribution in [3.8, 4) is 5.75 Å². The lowest BCUT2D eigenvalue weighted by atomic mass is 10.1. The van der Waals surface area contributed by atoms with Crippen LogP contribution in [0.4, 0.5) is 0 Å². The molecule has 0 atom stereocenters. The van der Waals surface area contributed by atoms with Crippen molar-refractivity contribution in [3.63, 3.8) is 0 Å². The Bertz CT molecular complexity index is 571. The molecule has 2 amide bonds. The first-order valence-electron chi connectivity index (χ1n) is 8.71. The maximum Gasteiger partial charge on any atom is 0.225 e. The van der Waals surface area contributed by atoms with Crippen molar-refractivity contribution in [2.45, 2.75) is 33.1 Å². The Morgan fingerprint density at radius 2 is 1.75 bits per heavy atom. The van der Waals surface area contributed by atoms with Crippen LogP contribution in [0.15, 0.2) is 24.3 Å². The van der Waals surface area contributed by atoms with Gasteiger partial charge in [0.15, 0.2) is 0 Å². The molecule has 1 aliphatic rings. The Kier molecular flexibility index (Phi) is 6.64. The molecule has 0 aromatic heterocycles. The van der Waals surface area contributed by atoms with Crippen molar-refractivity contribution >= 4 is 11.8 Å². The second kappa shape index (κ2) is 8.71. The van der Waals surface area contributed by atoms with Crippen LogP contribution in [0.25, 0.3) is 0 Å². The largest absolute Gasteiger partial charge is 0.496 e. The first-order chi connectivity index (χ1) is 11.5. The van der Waals surface area contributed by atoms with Gasteiger partial charge in [-0.25, -0.2) is 0 Å². The van der Waals surface area contributed by atoms with E-state index in [0.29, 0.717) is 25.9 Å². The van der Waals surface area contributed by atoms with Crippen molar-refractivity contribution in [3.05, 3.63) is 29.8 Å². The van der Waals surface area contributed by atoms with Crippen molar-refractivity contribution in [1.82, 2.24) is 9.80 Å². The van der Waals surface area contributed by atoms with E-state index in [0.717, 1.165) is 30.8 Å². The van der Waals surface area contributed by atoms with Gasteiger partial charge in [0.1, 0.15) is 5.75 Å². The summed E-state index contributed by atoms with van der Waals surface area (Å²) in [6.07, 6.45) is 1.99. The fraction of sp³-hybridized carbons (Fsp3) is 0.579. The molecule has 0 radical (unpaired) electrons. The minimum Gasteiger partial charge on any atom is -0.496 e. The normalized spacial score (nSPS) is 15.3. The molecule has 5 heteroatoms. The van der Waals surface area contributed by atoms with Gasteiger partial charge in [-0.3, -0.25) is 9.59 Å². The lowest BCUT2D eigenvalue weighted by Crippen LogP contribution is -2.39. The molecule has 1 aromatic rings. The molecule has 0 aliphatic carbocycles. The van der Waals surface area contributed by atoms with Crippen LogP contribution in [0.1, 0.15) is 32.3 Å². The SMILES string of the molecule is COc1ccccc1CCC(=O)N1CCCN(C(=O)C(C)C)CC1. The van der Waals surface area contributed by atoms with Crippen LogP contribution in [0.2, 0.25) is 0 Å². The van der Waals surface area contributed by atoms with Crippen LogP contribution < -0.4 is 4.74 Å². The predicted molar refractivity (Wildman–Crippen MR) is 93.9 cm³/mol. The monoisotopic (exact) mass is 332 g/mol. The molecule has 132 valence electrons. The third kappa shape index (κ3) is 4.73. The summed E-state index contributed by atoms with van der Waals surface area (Å²) in [5.41, 5.74) is 1.06. The van der Waals surface area contributed by atoms with Gasteiger partial charge in [-0.15, -0.1) is 0 Å². The Hall–Kier alpha value is -2.04. The molecule has 0 saturated carbocycles. The first-order valence-corrected chi connectivity index (χ1v) is 8.71. The first kappa shape index (κ1) is 18.3. The molecule has 2 rings (SSSR count). The van der Waals surface area contributed by atoms with Crippen LogP contribution in [0.5, 0.6) is 5.75 Å². The quantitative estimate of drug-likeness (QED) is 0.832. The molecule has 24 heavy (non-hydrogen) atoms. The highest BCUT2D eigenvalue weighted by Crippen LogP contribution is 2.19. The number of methoxy groups -OCH3 is 1.